The molecule has 0 spiro atoms. The van der Waals surface area contributed by atoms with E-state index in [1.165, 1.54) is 37.3 Å². The number of aliphatic hydroxyl groups is 1. The minimum Gasteiger partial charge on any atom is -0.490 e. The van der Waals surface area contributed by atoms with Crippen LogP contribution in [0.5, 0.6) is 5.75 Å². The zero-order chi connectivity index (χ0) is 20.6. The molecule has 0 saturated heterocycles. The molecular weight excluding hydrogens is 370 g/mol. The summed E-state index contributed by atoms with van der Waals surface area (Å²) in [4.78, 5) is 0. The SMILES string of the molecule is CC1CCC(c2ccc(-c3ccc(OCCCCCCO)c(F)c3F)cc2)CC1. The predicted molar refractivity (Wildman–Crippen MR) is 113 cm³/mol. The van der Waals surface area contributed by atoms with Gasteiger partial charge in [-0.25, -0.2) is 4.39 Å². The van der Waals surface area contributed by atoms with E-state index in [-0.39, 0.29) is 17.9 Å². The molecule has 0 atom stereocenters. The van der Waals surface area contributed by atoms with Gasteiger partial charge in [0.15, 0.2) is 11.6 Å². The third-order valence-electron chi connectivity index (χ3n) is 6.07. The maximum atomic E-state index is 14.6. The van der Waals surface area contributed by atoms with E-state index in [0.29, 0.717) is 18.1 Å². The van der Waals surface area contributed by atoms with E-state index < -0.39 is 11.6 Å². The van der Waals surface area contributed by atoms with Gasteiger partial charge >= 0.3 is 0 Å². The van der Waals surface area contributed by atoms with Crippen LogP contribution in [0.1, 0.15) is 69.8 Å². The largest absolute Gasteiger partial charge is 0.490 e. The molecule has 2 aromatic rings. The number of hydrogen-bond acceptors (Lipinski definition) is 2. The van der Waals surface area contributed by atoms with Crippen LogP contribution >= 0.6 is 0 Å². The van der Waals surface area contributed by atoms with Crippen LogP contribution in [0.2, 0.25) is 0 Å². The van der Waals surface area contributed by atoms with Gasteiger partial charge in [-0.3, -0.25) is 0 Å². The summed E-state index contributed by atoms with van der Waals surface area (Å²) in [7, 11) is 0. The van der Waals surface area contributed by atoms with E-state index >= 15 is 0 Å². The second kappa shape index (κ2) is 10.7. The zero-order valence-corrected chi connectivity index (χ0v) is 17.3. The van der Waals surface area contributed by atoms with Gasteiger partial charge in [-0.2, -0.15) is 4.39 Å². The Hall–Kier alpha value is -1.94. The fourth-order valence-electron chi connectivity index (χ4n) is 4.14. The van der Waals surface area contributed by atoms with Gasteiger partial charge in [0, 0.05) is 12.2 Å². The molecule has 0 unspecified atom stereocenters. The summed E-state index contributed by atoms with van der Waals surface area (Å²) in [5.41, 5.74) is 2.24. The molecular formula is C25H32F2O2. The molecule has 1 fully saturated rings. The van der Waals surface area contributed by atoms with Crippen molar-refractivity contribution in [2.75, 3.05) is 13.2 Å². The second-order valence-corrected chi connectivity index (χ2v) is 8.30. The number of rotatable bonds is 9. The highest BCUT2D eigenvalue weighted by molar-refractivity contribution is 5.65. The van der Waals surface area contributed by atoms with Crippen molar-refractivity contribution in [1.82, 2.24) is 0 Å². The highest BCUT2D eigenvalue weighted by atomic mass is 19.2. The fourth-order valence-corrected chi connectivity index (χ4v) is 4.14. The van der Waals surface area contributed by atoms with E-state index in [1.54, 1.807) is 6.07 Å². The van der Waals surface area contributed by atoms with E-state index in [0.717, 1.165) is 31.6 Å². The van der Waals surface area contributed by atoms with Crippen molar-refractivity contribution in [3.05, 3.63) is 53.6 Å². The molecule has 29 heavy (non-hydrogen) atoms. The van der Waals surface area contributed by atoms with Gasteiger partial charge in [-0.1, -0.05) is 50.5 Å². The maximum Gasteiger partial charge on any atom is 0.201 e. The van der Waals surface area contributed by atoms with E-state index in [1.807, 2.05) is 12.1 Å². The zero-order valence-electron chi connectivity index (χ0n) is 17.3. The lowest BCUT2D eigenvalue weighted by molar-refractivity contribution is 0.268. The lowest BCUT2D eigenvalue weighted by Crippen LogP contribution is -2.10. The second-order valence-electron chi connectivity index (χ2n) is 8.30. The molecule has 1 saturated carbocycles. The molecule has 1 aliphatic rings. The Morgan fingerprint density at radius 2 is 1.55 bits per heavy atom. The average molecular weight is 403 g/mol. The Kier molecular flexibility index (Phi) is 8.05. The molecule has 2 aromatic carbocycles. The van der Waals surface area contributed by atoms with Gasteiger partial charge in [0.25, 0.3) is 0 Å². The first-order chi connectivity index (χ1) is 14.1. The van der Waals surface area contributed by atoms with Crippen LogP contribution in [0.4, 0.5) is 8.78 Å². The van der Waals surface area contributed by atoms with Crippen LogP contribution in [0.25, 0.3) is 11.1 Å². The van der Waals surface area contributed by atoms with Gasteiger partial charge in [-0.05, 0) is 67.2 Å². The molecule has 1 N–H and O–H groups in total. The fraction of sp³-hybridized carbons (Fsp3) is 0.520. The van der Waals surface area contributed by atoms with E-state index in [9.17, 15) is 8.78 Å². The van der Waals surface area contributed by atoms with Crippen LogP contribution in [-0.2, 0) is 0 Å². The van der Waals surface area contributed by atoms with Crippen molar-refractivity contribution in [1.29, 1.82) is 0 Å². The number of benzene rings is 2. The van der Waals surface area contributed by atoms with E-state index in [4.69, 9.17) is 9.84 Å². The monoisotopic (exact) mass is 402 g/mol. The minimum atomic E-state index is -0.928. The summed E-state index contributed by atoms with van der Waals surface area (Å²) in [5, 5.41) is 8.76. The van der Waals surface area contributed by atoms with Gasteiger partial charge in [0.2, 0.25) is 5.82 Å². The third-order valence-corrected chi connectivity index (χ3v) is 6.07. The average Bonchev–Trinajstić information content (AvgIpc) is 2.74. The molecule has 0 radical (unpaired) electrons. The number of aliphatic hydroxyl groups excluding tert-OH is 1. The molecule has 0 amide bonds. The van der Waals surface area contributed by atoms with Crippen molar-refractivity contribution >= 4 is 0 Å². The first-order valence-electron chi connectivity index (χ1n) is 10.9. The van der Waals surface area contributed by atoms with Crippen molar-refractivity contribution in [2.24, 2.45) is 5.92 Å². The number of halogens is 2. The molecule has 0 heterocycles. The van der Waals surface area contributed by atoms with Crippen LogP contribution in [0.3, 0.4) is 0 Å². The Balaban J connectivity index is 1.62. The summed E-state index contributed by atoms with van der Waals surface area (Å²) in [6, 6.07) is 11.0. The first-order valence-corrected chi connectivity index (χ1v) is 10.9. The van der Waals surface area contributed by atoms with Crippen molar-refractivity contribution in [3.8, 4) is 16.9 Å². The molecule has 0 bridgehead atoms. The van der Waals surface area contributed by atoms with Gasteiger partial charge in [0.1, 0.15) is 0 Å². The normalized spacial score (nSPS) is 19.3. The van der Waals surface area contributed by atoms with Crippen LogP contribution < -0.4 is 4.74 Å². The van der Waals surface area contributed by atoms with Crippen LogP contribution in [0, 0.1) is 17.6 Å². The van der Waals surface area contributed by atoms with Gasteiger partial charge in [0.05, 0.1) is 6.61 Å². The summed E-state index contributed by atoms with van der Waals surface area (Å²) in [6.45, 7) is 2.83. The van der Waals surface area contributed by atoms with Crippen LogP contribution in [-0.4, -0.2) is 18.3 Å². The summed E-state index contributed by atoms with van der Waals surface area (Å²) >= 11 is 0. The Morgan fingerprint density at radius 3 is 2.24 bits per heavy atom. The summed E-state index contributed by atoms with van der Waals surface area (Å²) in [6.07, 6.45) is 8.25. The highest BCUT2D eigenvalue weighted by Crippen LogP contribution is 2.37. The van der Waals surface area contributed by atoms with Gasteiger partial charge in [-0.15, -0.1) is 0 Å². The molecule has 0 aliphatic heterocycles. The summed E-state index contributed by atoms with van der Waals surface area (Å²) in [5.74, 6) is -0.439. The molecule has 0 aromatic heterocycles. The standard InChI is InChI=1S/C25H32F2O2/c1-18-6-8-19(9-7-18)20-10-12-21(13-11-20)22-14-15-23(25(27)24(22)26)29-17-5-3-2-4-16-28/h10-15,18-19,28H,2-9,16-17H2,1H3. The molecule has 3 rings (SSSR count). The molecule has 158 valence electrons. The lowest BCUT2D eigenvalue weighted by atomic mass is 9.79. The highest BCUT2D eigenvalue weighted by Gasteiger charge is 2.20. The van der Waals surface area contributed by atoms with Crippen LogP contribution in [0.15, 0.2) is 36.4 Å². The summed E-state index contributed by atoms with van der Waals surface area (Å²) < 4.78 is 34.5. The van der Waals surface area contributed by atoms with Gasteiger partial charge < -0.3 is 9.84 Å². The smallest absolute Gasteiger partial charge is 0.201 e. The third kappa shape index (κ3) is 5.79. The van der Waals surface area contributed by atoms with Crippen molar-refractivity contribution < 1.29 is 18.6 Å². The lowest BCUT2D eigenvalue weighted by Gasteiger charge is -2.26. The topological polar surface area (TPSA) is 29.5 Å². The number of ether oxygens (including phenoxy) is 1. The molecule has 2 nitrogen and oxygen atoms in total. The van der Waals surface area contributed by atoms with Crippen molar-refractivity contribution in [2.45, 2.75) is 64.2 Å². The Labute approximate surface area is 172 Å². The van der Waals surface area contributed by atoms with Crippen molar-refractivity contribution in [3.63, 3.8) is 0 Å². The first kappa shape index (κ1) is 21.8. The molecule has 1 aliphatic carbocycles. The number of hydrogen-bond donors (Lipinski definition) is 1. The minimum absolute atomic E-state index is 0.0404. The molecule has 4 heteroatoms. The number of unbranched alkanes of at least 4 members (excludes halogenated alkanes) is 3. The van der Waals surface area contributed by atoms with E-state index in [2.05, 4.69) is 19.1 Å². The Bertz CT molecular complexity index is 765. The Morgan fingerprint density at radius 1 is 0.862 bits per heavy atom. The maximum absolute atomic E-state index is 14.6. The predicted octanol–water partition coefficient (Wildman–Crippen LogP) is 6.86. The quantitative estimate of drug-likeness (QED) is 0.464.